The number of carbonyl (C=O) groups is 1. The molecule has 2 aromatic carbocycles. The van der Waals surface area contributed by atoms with Gasteiger partial charge in [-0.2, -0.15) is 0 Å². The van der Waals surface area contributed by atoms with Gasteiger partial charge in [-0.05, 0) is 37.5 Å². The fraction of sp³-hybridized carbons (Fsp3) is 0.286. The Morgan fingerprint density at radius 3 is 2.35 bits per heavy atom. The zero-order chi connectivity index (χ0) is 17.9. The first-order valence-electron chi connectivity index (χ1n) is 9.06. The number of carbonyl (C=O) groups excluding carboxylic acids is 1. The molecule has 5 nitrogen and oxygen atoms in total. The molecule has 26 heavy (non-hydrogen) atoms. The molecule has 0 atom stereocenters. The number of fused-ring (bicyclic) bond motifs is 1. The van der Waals surface area contributed by atoms with Gasteiger partial charge in [0.15, 0.2) is 11.6 Å². The minimum atomic E-state index is -0.0705. The van der Waals surface area contributed by atoms with Gasteiger partial charge in [-0.1, -0.05) is 42.0 Å². The van der Waals surface area contributed by atoms with Crippen molar-refractivity contribution in [3.05, 3.63) is 59.7 Å². The molecule has 1 N–H and O–H groups in total. The fourth-order valence-electron chi connectivity index (χ4n) is 3.29. The standard InChI is InChI=1S/C21H22N4O/c1-15-8-10-16(11-9-15)14-19(26)24-20-21(25-12-4-5-13-25)23-18-7-3-2-6-17(18)22-20/h2-3,6-11H,4-5,12-14H2,1H3,(H,22,24,26). The molecule has 0 radical (unpaired) electrons. The minimum Gasteiger partial charge on any atom is -0.354 e. The summed E-state index contributed by atoms with van der Waals surface area (Å²) in [7, 11) is 0. The third kappa shape index (κ3) is 3.52. The lowest BCUT2D eigenvalue weighted by Gasteiger charge is -2.20. The molecule has 0 spiro atoms. The average molecular weight is 346 g/mol. The van der Waals surface area contributed by atoms with Crippen LogP contribution < -0.4 is 10.2 Å². The molecule has 5 heteroatoms. The van der Waals surface area contributed by atoms with E-state index in [0.717, 1.165) is 48.3 Å². The molecule has 3 aromatic rings. The highest BCUT2D eigenvalue weighted by Crippen LogP contribution is 2.27. The van der Waals surface area contributed by atoms with Gasteiger partial charge in [-0.15, -0.1) is 0 Å². The number of benzene rings is 2. The Balaban J connectivity index is 1.62. The quantitative estimate of drug-likeness (QED) is 0.782. The Morgan fingerprint density at radius 2 is 1.65 bits per heavy atom. The van der Waals surface area contributed by atoms with Gasteiger partial charge in [0.2, 0.25) is 5.91 Å². The minimum absolute atomic E-state index is 0.0705. The Hall–Kier alpha value is -2.95. The molecule has 1 saturated heterocycles. The molecule has 4 rings (SSSR count). The Kier molecular flexibility index (Phi) is 4.52. The molecule has 0 aliphatic carbocycles. The molecule has 1 aromatic heterocycles. The lowest BCUT2D eigenvalue weighted by atomic mass is 10.1. The monoisotopic (exact) mass is 346 g/mol. The largest absolute Gasteiger partial charge is 0.354 e. The molecule has 132 valence electrons. The molecule has 1 aliphatic rings. The van der Waals surface area contributed by atoms with E-state index in [1.165, 1.54) is 5.56 Å². The number of nitrogens with one attached hydrogen (secondary N) is 1. The lowest BCUT2D eigenvalue weighted by molar-refractivity contribution is -0.115. The van der Waals surface area contributed by atoms with Crippen molar-refractivity contribution in [1.29, 1.82) is 0 Å². The van der Waals surface area contributed by atoms with Crippen molar-refractivity contribution >= 4 is 28.6 Å². The summed E-state index contributed by atoms with van der Waals surface area (Å²) in [5.74, 6) is 1.26. The van der Waals surface area contributed by atoms with E-state index in [2.05, 4.69) is 15.2 Å². The van der Waals surface area contributed by atoms with Crippen LogP contribution in [0.5, 0.6) is 0 Å². The third-order valence-corrected chi connectivity index (χ3v) is 4.70. The summed E-state index contributed by atoms with van der Waals surface area (Å²) in [6.07, 6.45) is 2.62. The summed E-state index contributed by atoms with van der Waals surface area (Å²) in [5.41, 5.74) is 3.82. The summed E-state index contributed by atoms with van der Waals surface area (Å²) >= 11 is 0. The second-order valence-electron chi connectivity index (χ2n) is 6.79. The number of rotatable bonds is 4. The molecule has 2 heterocycles. The van der Waals surface area contributed by atoms with E-state index < -0.39 is 0 Å². The third-order valence-electron chi connectivity index (χ3n) is 4.70. The lowest BCUT2D eigenvalue weighted by Crippen LogP contribution is -2.24. The van der Waals surface area contributed by atoms with Crippen LogP contribution in [0.2, 0.25) is 0 Å². The van der Waals surface area contributed by atoms with E-state index in [0.29, 0.717) is 12.2 Å². The van der Waals surface area contributed by atoms with Crippen LogP contribution in [0.15, 0.2) is 48.5 Å². The number of amides is 1. The number of hydrogen-bond acceptors (Lipinski definition) is 4. The van der Waals surface area contributed by atoms with E-state index in [1.807, 2.05) is 55.5 Å². The Labute approximate surface area is 153 Å². The van der Waals surface area contributed by atoms with Crippen molar-refractivity contribution in [2.45, 2.75) is 26.2 Å². The van der Waals surface area contributed by atoms with E-state index in [1.54, 1.807) is 0 Å². The van der Waals surface area contributed by atoms with E-state index in [9.17, 15) is 4.79 Å². The van der Waals surface area contributed by atoms with Crippen LogP contribution in [0.4, 0.5) is 11.6 Å². The smallest absolute Gasteiger partial charge is 0.230 e. The highest BCUT2D eigenvalue weighted by molar-refractivity contribution is 5.95. The van der Waals surface area contributed by atoms with Gasteiger partial charge < -0.3 is 10.2 Å². The first kappa shape index (κ1) is 16.5. The second-order valence-corrected chi connectivity index (χ2v) is 6.79. The normalized spacial score (nSPS) is 14.0. The summed E-state index contributed by atoms with van der Waals surface area (Å²) in [5, 5.41) is 2.99. The van der Waals surface area contributed by atoms with Gasteiger partial charge in [0.1, 0.15) is 0 Å². The van der Waals surface area contributed by atoms with E-state index in [4.69, 9.17) is 4.98 Å². The number of hydrogen-bond donors (Lipinski definition) is 1. The highest BCUT2D eigenvalue weighted by atomic mass is 16.1. The first-order valence-corrected chi connectivity index (χ1v) is 9.06. The van der Waals surface area contributed by atoms with Crippen molar-refractivity contribution in [2.75, 3.05) is 23.3 Å². The topological polar surface area (TPSA) is 58.1 Å². The fourth-order valence-corrected chi connectivity index (χ4v) is 3.29. The van der Waals surface area contributed by atoms with Crippen LogP contribution >= 0.6 is 0 Å². The van der Waals surface area contributed by atoms with Crippen LogP contribution in [0.1, 0.15) is 24.0 Å². The number of aromatic nitrogens is 2. The van der Waals surface area contributed by atoms with Crippen LogP contribution in [-0.2, 0) is 11.2 Å². The zero-order valence-electron chi connectivity index (χ0n) is 14.9. The summed E-state index contributed by atoms with van der Waals surface area (Å²) in [4.78, 5) is 24.2. The van der Waals surface area contributed by atoms with Gasteiger partial charge >= 0.3 is 0 Å². The molecule has 1 aliphatic heterocycles. The van der Waals surface area contributed by atoms with Crippen molar-refractivity contribution < 1.29 is 4.79 Å². The maximum Gasteiger partial charge on any atom is 0.230 e. The SMILES string of the molecule is Cc1ccc(CC(=O)Nc2nc3ccccc3nc2N2CCCC2)cc1. The number of aryl methyl sites for hydroxylation is 1. The maximum atomic E-state index is 12.6. The first-order chi connectivity index (χ1) is 12.7. The molecule has 0 saturated carbocycles. The Bertz CT molecular complexity index is 930. The van der Waals surface area contributed by atoms with Gasteiger partial charge in [0.05, 0.1) is 17.5 Å². The van der Waals surface area contributed by atoms with Crippen molar-refractivity contribution in [3.8, 4) is 0 Å². The van der Waals surface area contributed by atoms with E-state index in [-0.39, 0.29) is 5.91 Å². The number of para-hydroxylation sites is 2. The molecular formula is C21H22N4O. The maximum absolute atomic E-state index is 12.6. The van der Waals surface area contributed by atoms with Crippen LogP contribution in [0.25, 0.3) is 11.0 Å². The summed E-state index contributed by atoms with van der Waals surface area (Å²) < 4.78 is 0. The van der Waals surface area contributed by atoms with Gasteiger partial charge in [-0.3, -0.25) is 4.79 Å². The van der Waals surface area contributed by atoms with Crippen LogP contribution in [0.3, 0.4) is 0 Å². The molecular weight excluding hydrogens is 324 g/mol. The van der Waals surface area contributed by atoms with Crippen molar-refractivity contribution in [3.63, 3.8) is 0 Å². The number of nitrogens with zero attached hydrogens (tertiary/aromatic N) is 3. The zero-order valence-corrected chi connectivity index (χ0v) is 14.9. The van der Waals surface area contributed by atoms with Gasteiger partial charge in [-0.25, -0.2) is 9.97 Å². The van der Waals surface area contributed by atoms with Crippen molar-refractivity contribution in [1.82, 2.24) is 9.97 Å². The van der Waals surface area contributed by atoms with Gasteiger partial charge in [0, 0.05) is 13.1 Å². The van der Waals surface area contributed by atoms with Crippen LogP contribution in [-0.4, -0.2) is 29.0 Å². The van der Waals surface area contributed by atoms with Crippen LogP contribution in [0, 0.1) is 6.92 Å². The predicted octanol–water partition coefficient (Wildman–Crippen LogP) is 3.72. The van der Waals surface area contributed by atoms with Crippen molar-refractivity contribution in [2.24, 2.45) is 0 Å². The molecule has 0 bridgehead atoms. The molecule has 0 unspecified atom stereocenters. The highest BCUT2D eigenvalue weighted by Gasteiger charge is 2.20. The summed E-state index contributed by atoms with van der Waals surface area (Å²) in [6, 6.07) is 15.8. The Morgan fingerprint density at radius 1 is 1.00 bits per heavy atom. The summed E-state index contributed by atoms with van der Waals surface area (Å²) in [6.45, 7) is 3.94. The average Bonchev–Trinajstić information content (AvgIpc) is 3.17. The molecule has 1 amide bonds. The van der Waals surface area contributed by atoms with Gasteiger partial charge in [0.25, 0.3) is 0 Å². The second kappa shape index (κ2) is 7.12. The van der Waals surface area contributed by atoms with E-state index >= 15 is 0 Å². The molecule has 1 fully saturated rings. The predicted molar refractivity (Wildman–Crippen MR) is 104 cm³/mol. The number of anilines is 2.